The first-order valence-corrected chi connectivity index (χ1v) is 6.64. The van der Waals surface area contributed by atoms with Crippen molar-refractivity contribution in [2.45, 2.75) is 6.54 Å². The number of hydrogen-bond acceptors (Lipinski definition) is 3. The van der Waals surface area contributed by atoms with Crippen molar-refractivity contribution in [1.29, 1.82) is 0 Å². The number of nitrogens with one attached hydrogen (secondary N) is 1. The van der Waals surface area contributed by atoms with Gasteiger partial charge in [-0.3, -0.25) is 4.79 Å². The van der Waals surface area contributed by atoms with Gasteiger partial charge in [-0.1, -0.05) is 18.2 Å². The van der Waals surface area contributed by atoms with Gasteiger partial charge in [0, 0.05) is 12.2 Å². The van der Waals surface area contributed by atoms with Crippen LogP contribution in [0.3, 0.4) is 0 Å². The summed E-state index contributed by atoms with van der Waals surface area (Å²) in [5, 5.41) is 2.90. The normalized spacial score (nSPS) is 10.7. The number of furan rings is 1. The summed E-state index contributed by atoms with van der Waals surface area (Å²) < 4.78 is 5.51. The van der Waals surface area contributed by atoms with Crippen LogP contribution in [0.2, 0.25) is 0 Å². The first-order valence-electron chi connectivity index (χ1n) is 5.85. The number of anilines is 1. The van der Waals surface area contributed by atoms with Gasteiger partial charge in [0.25, 0.3) is 5.91 Å². The van der Waals surface area contributed by atoms with Crippen LogP contribution in [0.25, 0.3) is 0 Å². The van der Waals surface area contributed by atoms with Gasteiger partial charge in [-0.25, -0.2) is 0 Å². The van der Waals surface area contributed by atoms with Gasteiger partial charge in [-0.05, 0) is 47.7 Å². The van der Waals surface area contributed by atoms with Gasteiger partial charge in [-0.15, -0.1) is 0 Å². The molecule has 1 heterocycles. The van der Waals surface area contributed by atoms with E-state index in [0.29, 0.717) is 10.2 Å². The largest absolute Gasteiger partial charge is 0.457 e. The Balaban J connectivity index is 2.19. The van der Waals surface area contributed by atoms with Gasteiger partial charge < -0.3 is 14.6 Å². The summed E-state index contributed by atoms with van der Waals surface area (Å²) in [4.78, 5) is 14.2. The molecular weight excluding hydrogens is 308 g/mol. The molecule has 0 spiro atoms. The third kappa shape index (κ3) is 3.45. The Morgan fingerprint density at radius 1 is 1.32 bits per heavy atom. The fourth-order valence-electron chi connectivity index (χ4n) is 1.77. The van der Waals surface area contributed by atoms with Gasteiger partial charge in [-0.2, -0.15) is 0 Å². The van der Waals surface area contributed by atoms with E-state index in [1.54, 1.807) is 6.07 Å². The van der Waals surface area contributed by atoms with E-state index < -0.39 is 0 Å². The van der Waals surface area contributed by atoms with E-state index in [1.807, 2.05) is 38.4 Å². The molecule has 2 aromatic rings. The molecule has 1 N–H and O–H groups in total. The number of amides is 1. The quantitative estimate of drug-likeness (QED) is 0.938. The lowest BCUT2D eigenvalue weighted by molar-refractivity contribution is 0.102. The lowest BCUT2D eigenvalue weighted by Crippen LogP contribution is -2.16. The average molecular weight is 323 g/mol. The van der Waals surface area contributed by atoms with Crippen LogP contribution in [0.4, 0.5) is 5.69 Å². The van der Waals surface area contributed by atoms with E-state index in [4.69, 9.17) is 4.42 Å². The predicted molar refractivity (Wildman–Crippen MR) is 78.2 cm³/mol. The zero-order valence-electron chi connectivity index (χ0n) is 10.8. The molecule has 1 aromatic heterocycles. The molecule has 0 aliphatic heterocycles. The number of hydrogen-bond donors (Lipinski definition) is 1. The second-order valence-electron chi connectivity index (χ2n) is 4.46. The second-order valence-corrected chi connectivity index (χ2v) is 5.18. The smallest absolute Gasteiger partial charge is 0.260 e. The zero-order valence-corrected chi connectivity index (χ0v) is 12.4. The molecule has 4 nitrogen and oxygen atoms in total. The first kappa shape index (κ1) is 13.8. The van der Waals surface area contributed by atoms with E-state index in [0.717, 1.165) is 17.8 Å². The summed E-state index contributed by atoms with van der Waals surface area (Å²) in [5.41, 5.74) is 2.37. The van der Waals surface area contributed by atoms with Crippen LogP contribution in [0.5, 0.6) is 0 Å². The summed E-state index contributed by atoms with van der Waals surface area (Å²) in [7, 11) is 3.98. The van der Waals surface area contributed by atoms with Gasteiger partial charge in [0.1, 0.15) is 0 Å². The maximum absolute atomic E-state index is 12.1. The third-order valence-electron chi connectivity index (χ3n) is 2.61. The van der Waals surface area contributed by atoms with Crippen LogP contribution < -0.4 is 5.32 Å². The molecule has 100 valence electrons. The van der Waals surface area contributed by atoms with Crippen molar-refractivity contribution in [3.8, 4) is 0 Å². The van der Waals surface area contributed by atoms with Crippen molar-refractivity contribution in [3.63, 3.8) is 0 Å². The molecule has 0 aliphatic carbocycles. The number of para-hydroxylation sites is 1. The molecule has 0 saturated carbocycles. The first-order chi connectivity index (χ1) is 9.08. The molecule has 0 aliphatic rings. The Bertz CT molecular complexity index is 578. The number of rotatable bonds is 4. The highest BCUT2D eigenvalue weighted by Crippen LogP contribution is 2.21. The van der Waals surface area contributed by atoms with Crippen molar-refractivity contribution < 1.29 is 9.21 Å². The van der Waals surface area contributed by atoms with E-state index >= 15 is 0 Å². The Labute approximate surface area is 120 Å². The van der Waals surface area contributed by atoms with E-state index in [1.165, 1.54) is 6.26 Å². The molecule has 0 saturated heterocycles. The molecule has 1 aromatic carbocycles. The minimum absolute atomic E-state index is 0.188. The maximum Gasteiger partial charge on any atom is 0.260 e. The summed E-state index contributed by atoms with van der Waals surface area (Å²) in [6, 6.07) is 9.39. The van der Waals surface area contributed by atoms with Crippen LogP contribution in [-0.2, 0) is 6.54 Å². The SMILES string of the molecule is CN(C)Cc1ccccc1NC(=O)c1ccoc1Br. The summed E-state index contributed by atoms with van der Waals surface area (Å²) in [6.45, 7) is 0.767. The molecule has 0 unspecified atom stereocenters. The fraction of sp³-hybridized carbons (Fsp3) is 0.214. The minimum atomic E-state index is -0.188. The molecule has 5 heteroatoms. The van der Waals surface area contributed by atoms with Crippen LogP contribution in [0, 0.1) is 0 Å². The molecule has 0 atom stereocenters. The van der Waals surface area contributed by atoms with Crippen LogP contribution in [0.15, 0.2) is 45.7 Å². The fourth-order valence-corrected chi connectivity index (χ4v) is 2.19. The molecule has 19 heavy (non-hydrogen) atoms. The molecule has 0 bridgehead atoms. The van der Waals surface area contributed by atoms with Crippen molar-refractivity contribution in [2.75, 3.05) is 19.4 Å². The van der Waals surface area contributed by atoms with Crippen LogP contribution in [0.1, 0.15) is 15.9 Å². The topological polar surface area (TPSA) is 45.5 Å². The number of halogens is 1. The molecule has 2 rings (SSSR count). The second kappa shape index (κ2) is 6.04. The standard InChI is InChI=1S/C14H15BrN2O2/c1-17(2)9-10-5-3-4-6-12(10)16-14(18)11-7-8-19-13(11)15/h3-8H,9H2,1-2H3,(H,16,18). The lowest BCUT2D eigenvalue weighted by Gasteiger charge is -2.14. The number of nitrogens with zero attached hydrogens (tertiary/aromatic N) is 1. The average Bonchev–Trinajstić information content (AvgIpc) is 2.77. The van der Waals surface area contributed by atoms with Crippen molar-refractivity contribution in [2.24, 2.45) is 0 Å². The summed E-state index contributed by atoms with van der Waals surface area (Å²) in [5.74, 6) is -0.188. The van der Waals surface area contributed by atoms with Gasteiger partial charge in [0.05, 0.1) is 11.8 Å². The van der Waals surface area contributed by atoms with Gasteiger partial charge in [0.15, 0.2) is 4.67 Å². The zero-order chi connectivity index (χ0) is 13.8. The molecule has 0 radical (unpaired) electrons. The molecule has 0 fully saturated rings. The minimum Gasteiger partial charge on any atom is -0.457 e. The van der Waals surface area contributed by atoms with Gasteiger partial charge in [0.2, 0.25) is 0 Å². The predicted octanol–water partition coefficient (Wildman–Crippen LogP) is 3.36. The Hall–Kier alpha value is -1.59. The highest BCUT2D eigenvalue weighted by molar-refractivity contribution is 9.10. The van der Waals surface area contributed by atoms with E-state index in [-0.39, 0.29) is 5.91 Å². The Morgan fingerprint density at radius 3 is 2.68 bits per heavy atom. The summed E-state index contributed by atoms with van der Waals surface area (Å²) >= 11 is 3.20. The monoisotopic (exact) mass is 322 g/mol. The third-order valence-corrected chi connectivity index (χ3v) is 3.23. The number of carbonyl (C=O) groups is 1. The van der Waals surface area contributed by atoms with E-state index in [9.17, 15) is 4.79 Å². The Kier molecular flexibility index (Phi) is 4.39. The highest BCUT2D eigenvalue weighted by Gasteiger charge is 2.14. The Morgan fingerprint density at radius 2 is 2.05 bits per heavy atom. The van der Waals surface area contributed by atoms with Crippen molar-refractivity contribution >= 4 is 27.5 Å². The van der Waals surface area contributed by atoms with Crippen molar-refractivity contribution in [1.82, 2.24) is 4.90 Å². The lowest BCUT2D eigenvalue weighted by atomic mass is 10.1. The summed E-state index contributed by atoms with van der Waals surface area (Å²) in [6.07, 6.45) is 1.48. The molecular formula is C14H15BrN2O2. The van der Waals surface area contributed by atoms with Gasteiger partial charge >= 0.3 is 0 Å². The van der Waals surface area contributed by atoms with Crippen LogP contribution in [-0.4, -0.2) is 24.9 Å². The molecule has 1 amide bonds. The number of benzene rings is 1. The van der Waals surface area contributed by atoms with E-state index in [2.05, 4.69) is 26.1 Å². The maximum atomic E-state index is 12.1. The van der Waals surface area contributed by atoms with Crippen molar-refractivity contribution in [3.05, 3.63) is 52.4 Å². The highest BCUT2D eigenvalue weighted by atomic mass is 79.9. The number of carbonyl (C=O) groups excluding carboxylic acids is 1. The van der Waals surface area contributed by atoms with Crippen LogP contribution >= 0.6 is 15.9 Å².